The van der Waals surface area contributed by atoms with E-state index in [0.717, 1.165) is 47.3 Å². The van der Waals surface area contributed by atoms with Gasteiger partial charge in [0.15, 0.2) is 0 Å². The van der Waals surface area contributed by atoms with E-state index in [1.54, 1.807) is 31.4 Å². The van der Waals surface area contributed by atoms with Gasteiger partial charge in [0, 0.05) is 0 Å². The van der Waals surface area contributed by atoms with E-state index in [0.29, 0.717) is 0 Å². The van der Waals surface area contributed by atoms with Gasteiger partial charge in [-0.3, -0.25) is 0 Å². The van der Waals surface area contributed by atoms with E-state index >= 15 is 0 Å². The highest BCUT2D eigenvalue weighted by Gasteiger charge is 2.14. The summed E-state index contributed by atoms with van der Waals surface area (Å²) in [5.41, 5.74) is 5.56. The number of ether oxygens (including phenoxy) is 1. The van der Waals surface area contributed by atoms with Crippen LogP contribution in [0.15, 0.2) is 72.8 Å². The number of unbranched alkanes of at least 4 members (excludes halogenated alkanes) is 1. The van der Waals surface area contributed by atoms with Gasteiger partial charge in [0.25, 0.3) is 0 Å². The third-order valence-corrected chi connectivity index (χ3v) is 4.83. The lowest BCUT2D eigenvalue weighted by molar-refractivity contribution is 0.415. The molecule has 0 fully saturated rings. The van der Waals surface area contributed by atoms with Crippen molar-refractivity contribution in [3.8, 4) is 17.2 Å². The van der Waals surface area contributed by atoms with Crippen molar-refractivity contribution in [1.29, 1.82) is 0 Å². The molecular formula is C25H26O3. The van der Waals surface area contributed by atoms with E-state index in [9.17, 15) is 10.2 Å². The van der Waals surface area contributed by atoms with E-state index in [2.05, 4.69) is 19.1 Å². The predicted octanol–water partition coefficient (Wildman–Crippen LogP) is 6.26. The van der Waals surface area contributed by atoms with Gasteiger partial charge in [-0.15, -0.1) is 0 Å². The van der Waals surface area contributed by atoms with Crippen molar-refractivity contribution < 1.29 is 14.9 Å². The zero-order valence-corrected chi connectivity index (χ0v) is 16.4. The zero-order valence-electron chi connectivity index (χ0n) is 16.4. The Hall–Kier alpha value is -3.20. The maximum atomic E-state index is 9.74. The van der Waals surface area contributed by atoms with Gasteiger partial charge < -0.3 is 14.9 Å². The molecule has 0 atom stereocenters. The molecule has 0 heterocycles. The van der Waals surface area contributed by atoms with Gasteiger partial charge in [0.2, 0.25) is 0 Å². The van der Waals surface area contributed by atoms with Crippen LogP contribution in [-0.4, -0.2) is 17.3 Å². The molecule has 3 heteroatoms. The lowest BCUT2D eigenvalue weighted by Crippen LogP contribution is -1.96. The van der Waals surface area contributed by atoms with Crippen LogP contribution in [-0.2, 0) is 0 Å². The summed E-state index contributed by atoms with van der Waals surface area (Å²) in [6.45, 7) is 2.19. The molecule has 28 heavy (non-hydrogen) atoms. The van der Waals surface area contributed by atoms with Crippen LogP contribution in [0.5, 0.6) is 17.2 Å². The fourth-order valence-electron chi connectivity index (χ4n) is 3.33. The lowest BCUT2D eigenvalue weighted by Gasteiger charge is -2.18. The minimum Gasteiger partial charge on any atom is -0.508 e. The largest absolute Gasteiger partial charge is 0.508 e. The van der Waals surface area contributed by atoms with Gasteiger partial charge in [0.1, 0.15) is 17.2 Å². The number of phenols is 2. The molecule has 144 valence electrons. The van der Waals surface area contributed by atoms with E-state index in [-0.39, 0.29) is 11.5 Å². The van der Waals surface area contributed by atoms with E-state index in [1.165, 1.54) is 5.57 Å². The highest BCUT2D eigenvalue weighted by atomic mass is 16.5. The highest BCUT2D eigenvalue weighted by molar-refractivity contribution is 5.98. The average Bonchev–Trinajstić information content (AvgIpc) is 2.73. The number of hydrogen-bond donors (Lipinski definition) is 2. The SMILES string of the molecule is CCCCC(=C(c1ccc(O)cc1)c1ccc(O)cc1)c1ccc(OC)cc1. The van der Waals surface area contributed by atoms with Crippen LogP contribution in [0.1, 0.15) is 42.9 Å². The Bertz CT molecular complexity index is 874. The van der Waals surface area contributed by atoms with Crippen LogP contribution in [0.3, 0.4) is 0 Å². The summed E-state index contributed by atoms with van der Waals surface area (Å²) in [4.78, 5) is 0. The predicted molar refractivity (Wildman–Crippen MR) is 115 cm³/mol. The highest BCUT2D eigenvalue weighted by Crippen LogP contribution is 2.37. The molecule has 0 unspecified atom stereocenters. The first kappa shape index (κ1) is 19.6. The molecule has 0 aliphatic heterocycles. The molecule has 0 saturated heterocycles. The van der Waals surface area contributed by atoms with E-state index < -0.39 is 0 Å². The van der Waals surface area contributed by atoms with Crippen LogP contribution >= 0.6 is 0 Å². The second-order valence-electron chi connectivity index (χ2n) is 6.78. The molecule has 3 aromatic rings. The number of hydrogen-bond acceptors (Lipinski definition) is 3. The summed E-state index contributed by atoms with van der Waals surface area (Å²) in [7, 11) is 1.67. The van der Waals surface area contributed by atoms with E-state index in [1.807, 2.05) is 36.4 Å². The van der Waals surface area contributed by atoms with E-state index in [4.69, 9.17) is 4.74 Å². The van der Waals surface area contributed by atoms with Gasteiger partial charge in [-0.05, 0) is 77.1 Å². The summed E-state index contributed by atoms with van der Waals surface area (Å²) < 4.78 is 5.31. The molecule has 3 rings (SSSR count). The van der Waals surface area contributed by atoms with Gasteiger partial charge >= 0.3 is 0 Å². The topological polar surface area (TPSA) is 49.7 Å². The second kappa shape index (κ2) is 9.14. The standard InChI is InChI=1S/C25H26O3/c1-3-4-5-24(18-10-16-23(28-2)17-11-18)25(19-6-12-21(26)13-7-19)20-8-14-22(27)15-9-20/h6-17,26-27H,3-5H2,1-2H3. The Morgan fingerprint density at radius 1 is 0.714 bits per heavy atom. The van der Waals surface area contributed by atoms with Crippen LogP contribution in [0.2, 0.25) is 0 Å². The molecule has 3 aromatic carbocycles. The maximum absolute atomic E-state index is 9.74. The summed E-state index contributed by atoms with van der Waals surface area (Å²) in [5, 5.41) is 19.5. The second-order valence-corrected chi connectivity index (χ2v) is 6.78. The van der Waals surface area contributed by atoms with Crippen molar-refractivity contribution in [3.63, 3.8) is 0 Å². The minimum absolute atomic E-state index is 0.244. The molecule has 0 aliphatic carbocycles. The maximum Gasteiger partial charge on any atom is 0.118 e. The minimum atomic E-state index is 0.244. The van der Waals surface area contributed by atoms with Gasteiger partial charge in [-0.25, -0.2) is 0 Å². The molecule has 0 aromatic heterocycles. The fourth-order valence-corrected chi connectivity index (χ4v) is 3.33. The molecule has 3 nitrogen and oxygen atoms in total. The first-order valence-corrected chi connectivity index (χ1v) is 9.58. The van der Waals surface area contributed by atoms with Gasteiger partial charge in [-0.1, -0.05) is 49.7 Å². The molecule has 0 aliphatic rings. The number of aromatic hydroxyl groups is 2. The van der Waals surface area contributed by atoms with Crippen LogP contribution in [0, 0.1) is 0 Å². The Morgan fingerprint density at radius 2 is 1.18 bits per heavy atom. The molecule has 0 radical (unpaired) electrons. The lowest BCUT2D eigenvalue weighted by atomic mass is 9.87. The normalized spacial score (nSPS) is 10.5. The molecule has 0 spiro atoms. The Kier molecular flexibility index (Phi) is 6.38. The molecular weight excluding hydrogens is 348 g/mol. The number of phenolic OH excluding ortho intramolecular Hbond substituents is 2. The molecule has 0 saturated carbocycles. The van der Waals surface area contributed by atoms with Crippen molar-refractivity contribution >= 4 is 11.1 Å². The van der Waals surface area contributed by atoms with Crippen molar-refractivity contribution in [2.24, 2.45) is 0 Å². The first-order chi connectivity index (χ1) is 13.6. The third-order valence-electron chi connectivity index (χ3n) is 4.83. The summed E-state index contributed by atoms with van der Waals surface area (Å²) in [6, 6.07) is 22.7. The van der Waals surface area contributed by atoms with Crippen molar-refractivity contribution in [1.82, 2.24) is 0 Å². The average molecular weight is 374 g/mol. The van der Waals surface area contributed by atoms with Crippen molar-refractivity contribution in [3.05, 3.63) is 89.5 Å². The van der Waals surface area contributed by atoms with Crippen molar-refractivity contribution in [2.45, 2.75) is 26.2 Å². The van der Waals surface area contributed by atoms with Crippen molar-refractivity contribution in [2.75, 3.05) is 7.11 Å². The third kappa shape index (κ3) is 4.55. The quantitative estimate of drug-likeness (QED) is 0.480. The smallest absolute Gasteiger partial charge is 0.118 e. The monoisotopic (exact) mass is 374 g/mol. The van der Waals surface area contributed by atoms with Crippen LogP contribution in [0.4, 0.5) is 0 Å². The molecule has 2 N–H and O–H groups in total. The zero-order chi connectivity index (χ0) is 19.9. The number of methoxy groups -OCH3 is 1. The summed E-state index contributed by atoms with van der Waals surface area (Å²) in [6.07, 6.45) is 3.10. The van der Waals surface area contributed by atoms with Gasteiger partial charge in [-0.2, -0.15) is 0 Å². The number of rotatable bonds is 7. The van der Waals surface area contributed by atoms with Crippen LogP contribution < -0.4 is 4.74 Å². The summed E-state index contributed by atoms with van der Waals surface area (Å²) in [5.74, 6) is 1.32. The summed E-state index contributed by atoms with van der Waals surface area (Å²) >= 11 is 0. The number of allylic oxidation sites excluding steroid dienone is 1. The fraction of sp³-hybridized carbons (Fsp3) is 0.200. The van der Waals surface area contributed by atoms with Crippen LogP contribution in [0.25, 0.3) is 11.1 Å². The Morgan fingerprint density at radius 3 is 1.61 bits per heavy atom. The Balaban J connectivity index is 2.23. The molecule has 0 amide bonds. The first-order valence-electron chi connectivity index (χ1n) is 9.58. The van der Waals surface area contributed by atoms with Gasteiger partial charge in [0.05, 0.1) is 7.11 Å². The Labute approximate surface area is 166 Å². The molecule has 0 bridgehead atoms. The number of benzene rings is 3.